The molecule has 122 valence electrons. The van der Waals surface area contributed by atoms with Crippen LogP contribution in [0, 0.1) is 0 Å². The summed E-state index contributed by atoms with van der Waals surface area (Å²) in [7, 11) is 0. The van der Waals surface area contributed by atoms with Crippen molar-refractivity contribution in [3.05, 3.63) is 78.4 Å². The minimum Gasteiger partial charge on any atom is -0.325 e. The Hall–Kier alpha value is -2.65. The molecule has 0 aliphatic heterocycles. The van der Waals surface area contributed by atoms with Gasteiger partial charge >= 0.3 is 0 Å². The van der Waals surface area contributed by atoms with Gasteiger partial charge in [0.15, 0.2) is 0 Å². The van der Waals surface area contributed by atoms with Crippen molar-refractivity contribution in [2.75, 3.05) is 5.32 Å². The molecule has 0 saturated carbocycles. The summed E-state index contributed by atoms with van der Waals surface area (Å²) in [6.07, 6.45) is 0. The van der Waals surface area contributed by atoms with E-state index in [9.17, 15) is 4.79 Å². The minimum absolute atomic E-state index is 0.0342. The summed E-state index contributed by atoms with van der Waals surface area (Å²) >= 11 is 0. The van der Waals surface area contributed by atoms with E-state index in [2.05, 4.69) is 35.8 Å². The molecule has 0 aliphatic rings. The van der Waals surface area contributed by atoms with E-state index in [1.54, 1.807) is 0 Å². The lowest BCUT2D eigenvalue weighted by atomic mass is 10.1. The molecule has 0 unspecified atom stereocenters. The van der Waals surface area contributed by atoms with Gasteiger partial charge in [-0.25, -0.2) is 0 Å². The fourth-order valence-corrected chi connectivity index (χ4v) is 2.81. The molecule has 2 N–H and O–H groups in total. The molecule has 24 heavy (non-hydrogen) atoms. The number of carbonyl (C=O) groups excluding carboxylic acids is 1. The van der Waals surface area contributed by atoms with Crippen LogP contribution < -0.4 is 10.6 Å². The van der Waals surface area contributed by atoms with Gasteiger partial charge in [0.1, 0.15) is 0 Å². The van der Waals surface area contributed by atoms with Gasteiger partial charge in [-0.05, 0) is 42.3 Å². The van der Waals surface area contributed by atoms with Crippen molar-refractivity contribution in [2.24, 2.45) is 0 Å². The maximum atomic E-state index is 12.4. The topological polar surface area (TPSA) is 41.1 Å². The van der Waals surface area contributed by atoms with Crippen molar-refractivity contribution in [2.45, 2.75) is 25.9 Å². The number of rotatable bonds is 5. The molecule has 0 heterocycles. The molecular formula is C21H22N2O. The van der Waals surface area contributed by atoms with Crippen molar-refractivity contribution in [3.8, 4) is 0 Å². The smallest absolute Gasteiger partial charge is 0.241 e. The predicted octanol–water partition coefficient (Wildman–Crippen LogP) is 4.52. The summed E-state index contributed by atoms with van der Waals surface area (Å²) < 4.78 is 0. The standard InChI is InChI=1S/C21H22N2O/c1-15(17-8-4-3-5-9-17)22-16(2)21(24)23-20-13-12-18-10-6-7-11-19(18)14-20/h3-16,22H,1-2H3,(H,23,24)/t15-,16-/m1/s1. The van der Waals surface area contributed by atoms with E-state index in [0.29, 0.717) is 0 Å². The first-order valence-corrected chi connectivity index (χ1v) is 8.24. The lowest BCUT2D eigenvalue weighted by Crippen LogP contribution is -2.39. The normalized spacial score (nSPS) is 13.4. The Morgan fingerprint density at radius 1 is 0.833 bits per heavy atom. The van der Waals surface area contributed by atoms with Gasteiger partial charge in [-0.3, -0.25) is 10.1 Å². The van der Waals surface area contributed by atoms with Gasteiger partial charge in [-0.1, -0.05) is 60.7 Å². The van der Waals surface area contributed by atoms with Crippen LogP contribution in [0.2, 0.25) is 0 Å². The van der Waals surface area contributed by atoms with Crippen LogP contribution in [0.3, 0.4) is 0 Å². The van der Waals surface area contributed by atoms with Crippen LogP contribution in [0.15, 0.2) is 72.8 Å². The Morgan fingerprint density at radius 2 is 1.50 bits per heavy atom. The lowest BCUT2D eigenvalue weighted by molar-refractivity contribution is -0.117. The molecule has 0 aliphatic carbocycles. The molecule has 0 spiro atoms. The van der Waals surface area contributed by atoms with E-state index in [-0.39, 0.29) is 18.0 Å². The number of carbonyl (C=O) groups is 1. The molecular weight excluding hydrogens is 296 g/mol. The van der Waals surface area contributed by atoms with Crippen LogP contribution in [0.4, 0.5) is 5.69 Å². The van der Waals surface area contributed by atoms with E-state index in [1.165, 1.54) is 10.9 Å². The molecule has 3 rings (SSSR count). The van der Waals surface area contributed by atoms with Crippen LogP contribution in [-0.4, -0.2) is 11.9 Å². The van der Waals surface area contributed by atoms with Gasteiger partial charge in [0.25, 0.3) is 0 Å². The zero-order chi connectivity index (χ0) is 16.9. The van der Waals surface area contributed by atoms with Crippen molar-refractivity contribution in [3.63, 3.8) is 0 Å². The Morgan fingerprint density at radius 3 is 2.25 bits per heavy atom. The highest BCUT2D eigenvalue weighted by atomic mass is 16.2. The number of nitrogens with one attached hydrogen (secondary N) is 2. The molecule has 1 amide bonds. The molecule has 0 bridgehead atoms. The number of hydrogen-bond donors (Lipinski definition) is 2. The maximum Gasteiger partial charge on any atom is 0.241 e. The highest BCUT2D eigenvalue weighted by Gasteiger charge is 2.16. The quantitative estimate of drug-likeness (QED) is 0.726. The summed E-state index contributed by atoms with van der Waals surface area (Å²) in [5, 5.41) is 8.62. The molecule has 0 aromatic heterocycles. The van der Waals surface area contributed by atoms with Crippen LogP contribution in [0.5, 0.6) is 0 Å². The average Bonchev–Trinajstić information content (AvgIpc) is 2.62. The van der Waals surface area contributed by atoms with Gasteiger partial charge < -0.3 is 5.32 Å². The fourth-order valence-electron chi connectivity index (χ4n) is 2.81. The van der Waals surface area contributed by atoms with E-state index >= 15 is 0 Å². The van der Waals surface area contributed by atoms with Crippen molar-refractivity contribution >= 4 is 22.4 Å². The van der Waals surface area contributed by atoms with Gasteiger partial charge in [0.05, 0.1) is 6.04 Å². The highest BCUT2D eigenvalue weighted by Crippen LogP contribution is 2.19. The third kappa shape index (κ3) is 3.81. The number of fused-ring (bicyclic) bond motifs is 1. The minimum atomic E-state index is -0.285. The third-order valence-corrected chi connectivity index (χ3v) is 4.21. The van der Waals surface area contributed by atoms with Gasteiger partial charge in [0, 0.05) is 11.7 Å². The highest BCUT2D eigenvalue weighted by molar-refractivity contribution is 5.97. The Bertz CT molecular complexity index is 829. The third-order valence-electron chi connectivity index (χ3n) is 4.21. The first-order chi connectivity index (χ1) is 11.6. The summed E-state index contributed by atoms with van der Waals surface area (Å²) in [5.41, 5.74) is 1.99. The van der Waals surface area contributed by atoms with Gasteiger partial charge in [-0.15, -0.1) is 0 Å². The first-order valence-electron chi connectivity index (χ1n) is 8.24. The Kier molecular flexibility index (Phi) is 4.92. The molecule has 0 radical (unpaired) electrons. The molecule has 3 heteroatoms. The number of benzene rings is 3. The second kappa shape index (κ2) is 7.28. The number of hydrogen-bond acceptors (Lipinski definition) is 2. The molecule has 0 fully saturated rings. The van der Waals surface area contributed by atoms with Crippen LogP contribution >= 0.6 is 0 Å². The second-order valence-electron chi connectivity index (χ2n) is 6.07. The average molecular weight is 318 g/mol. The van der Waals surface area contributed by atoms with Crippen molar-refractivity contribution < 1.29 is 4.79 Å². The Balaban J connectivity index is 1.64. The lowest BCUT2D eigenvalue weighted by Gasteiger charge is -2.20. The van der Waals surface area contributed by atoms with Crippen LogP contribution in [0.1, 0.15) is 25.5 Å². The summed E-state index contributed by atoms with van der Waals surface area (Å²) in [4.78, 5) is 12.4. The molecule has 3 aromatic rings. The van der Waals surface area contributed by atoms with Crippen LogP contribution in [0.25, 0.3) is 10.8 Å². The zero-order valence-corrected chi connectivity index (χ0v) is 14.0. The second-order valence-corrected chi connectivity index (χ2v) is 6.07. The van der Waals surface area contributed by atoms with Crippen molar-refractivity contribution in [1.82, 2.24) is 5.32 Å². The number of amides is 1. The maximum absolute atomic E-state index is 12.4. The molecule has 2 atom stereocenters. The SMILES string of the molecule is C[C@@H](N[C@H](C)c1ccccc1)C(=O)Nc1ccc2ccccc2c1. The summed E-state index contributed by atoms with van der Waals surface area (Å²) in [6, 6.07) is 24.0. The van der Waals surface area contributed by atoms with E-state index in [1.807, 2.05) is 61.5 Å². The molecule has 0 saturated heterocycles. The van der Waals surface area contributed by atoms with Crippen molar-refractivity contribution in [1.29, 1.82) is 0 Å². The van der Waals surface area contributed by atoms with Gasteiger partial charge in [-0.2, -0.15) is 0 Å². The predicted molar refractivity (Wildman–Crippen MR) is 100 cm³/mol. The van der Waals surface area contributed by atoms with Gasteiger partial charge in [0.2, 0.25) is 5.91 Å². The summed E-state index contributed by atoms with van der Waals surface area (Å²) in [5.74, 6) is -0.0342. The van der Waals surface area contributed by atoms with E-state index < -0.39 is 0 Å². The van der Waals surface area contributed by atoms with Crippen LogP contribution in [-0.2, 0) is 4.79 Å². The van der Waals surface area contributed by atoms with E-state index in [0.717, 1.165) is 11.1 Å². The molecule has 3 aromatic carbocycles. The Labute approximate surface area is 142 Å². The summed E-state index contributed by atoms with van der Waals surface area (Å²) in [6.45, 7) is 3.95. The number of anilines is 1. The molecule has 3 nitrogen and oxygen atoms in total. The monoisotopic (exact) mass is 318 g/mol. The largest absolute Gasteiger partial charge is 0.325 e. The van der Waals surface area contributed by atoms with E-state index in [4.69, 9.17) is 0 Å². The zero-order valence-electron chi connectivity index (χ0n) is 14.0. The first kappa shape index (κ1) is 16.2. The fraction of sp³-hybridized carbons (Fsp3) is 0.190.